The van der Waals surface area contributed by atoms with Gasteiger partial charge in [0.25, 0.3) is 0 Å². The van der Waals surface area contributed by atoms with Crippen LogP contribution in [0.25, 0.3) is 0 Å². The van der Waals surface area contributed by atoms with Crippen molar-refractivity contribution in [3.63, 3.8) is 0 Å². The lowest BCUT2D eigenvalue weighted by Gasteiger charge is -2.12. The van der Waals surface area contributed by atoms with Crippen LogP contribution >= 0.6 is 12.4 Å². The molecule has 1 aromatic rings. The molecule has 0 unspecified atom stereocenters. The van der Waals surface area contributed by atoms with Gasteiger partial charge >= 0.3 is 12.1 Å². The number of hydrogen-bond acceptors (Lipinski definition) is 5. The van der Waals surface area contributed by atoms with Crippen molar-refractivity contribution in [1.29, 1.82) is 0 Å². The Labute approximate surface area is 129 Å². The number of alkyl carbamates (subject to hydrolysis) is 1. The van der Waals surface area contributed by atoms with E-state index in [0.29, 0.717) is 13.0 Å². The molecule has 0 aliphatic carbocycles. The minimum Gasteiger partial charge on any atom is -0.468 e. The van der Waals surface area contributed by atoms with Crippen molar-refractivity contribution in [2.45, 2.75) is 25.1 Å². The van der Waals surface area contributed by atoms with Crippen molar-refractivity contribution in [2.24, 2.45) is 0 Å². The molecule has 6 nitrogen and oxygen atoms in total. The minimum absolute atomic E-state index is 0. The van der Waals surface area contributed by atoms with Crippen LogP contribution in [-0.4, -0.2) is 37.8 Å². The number of methoxy groups -OCH3 is 1. The van der Waals surface area contributed by atoms with E-state index < -0.39 is 6.09 Å². The highest BCUT2D eigenvalue weighted by molar-refractivity contribution is 5.85. The summed E-state index contributed by atoms with van der Waals surface area (Å²) in [6, 6.07) is 8.97. The first-order valence-electron chi connectivity index (χ1n) is 6.47. The molecule has 1 heterocycles. The van der Waals surface area contributed by atoms with Gasteiger partial charge in [-0.1, -0.05) is 30.3 Å². The van der Waals surface area contributed by atoms with Crippen LogP contribution in [0.15, 0.2) is 30.3 Å². The highest BCUT2D eigenvalue weighted by Crippen LogP contribution is 2.08. The van der Waals surface area contributed by atoms with Crippen LogP contribution < -0.4 is 10.6 Å². The van der Waals surface area contributed by atoms with E-state index in [-0.39, 0.29) is 37.1 Å². The van der Waals surface area contributed by atoms with Gasteiger partial charge in [0, 0.05) is 12.6 Å². The third-order valence-corrected chi connectivity index (χ3v) is 3.15. The topological polar surface area (TPSA) is 76.7 Å². The SMILES string of the molecule is COC(=O)[C@H]1C[C@H](NC(=O)OCc2ccccc2)CN1.Cl. The van der Waals surface area contributed by atoms with E-state index in [4.69, 9.17) is 4.74 Å². The van der Waals surface area contributed by atoms with Crippen molar-refractivity contribution in [2.75, 3.05) is 13.7 Å². The Morgan fingerprint density at radius 2 is 2.05 bits per heavy atom. The summed E-state index contributed by atoms with van der Waals surface area (Å²) >= 11 is 0. The molecule has 1 saturated heterocycles. The number of benzene rings is 1. The first-order valence-corrected chi connectivity index (χ1v) is 6.47. The molecule has 0 aromatic heterocycles. The molecule has 0 spiro atoms. The summed E-state index contributed by atoms with van der Waals surface area (Å²) in [6.45, 7) is 0.757. The van der Waals surface area contributed by atoms with E-state index in [1.165, 1.54) is 7.11 Å². The Morgan fingerprint density at radius 1 is 1.33 bits per heavy atom. The Balaban J connectivity index is 0.00000220. The molecule has 1 aliphatic heterocycles. The summed E-state index contributed by atoms with van der Waals surface area (Å²) in [5, 5.41) is 5.72. The van der Waals surface area contributed by atoms with E-state index in [9.17, 15) is 9.59 Å². The van der Waals surface area contributed by atoms with Crippen molar-refractivity contribution in [3.05, 3.63) is 35.9 Å². The molecule has 0 radical (unpaired) electrons. The third kappa shape index (κ3) is 5.24. The predicted octanol–water partition coefficient (Wildman–Crippen LogP) is 1.24. The number of halogens is 1. The number of amides is 1. The van der Waals surface area contributed by atoms with E-state index in [1.807, 2.05) is 30.3 Å². The first-order chi connectivity index (χ1) is 9.69. The number of rotatable bonds is 4. The standard InChI is InChI=1S/C14H18N2O4.ClH/c1-19-13(17)12-7-11(8-15-12)16-14(18)20-9-10-5-3-2-4-6-10;/h2-6,11-12,15H,7-9H2,1H3,(H,16,18);1H/t11-,12+;/m0./s1. The van der Waals surface area contributed by atoms with Crippen LogP contribution in [0, 0.1) is 0 Å². The summed E-state index contributed by atoms with van der Waals surface area (Å²) < 4.78 is 9.77. The van der Waals surface area contributed by atoms with Gasteiger partial charge in [0.2, 0.25) is 0 Å². The molecule has 1 fully saturated rings. The monoisotopic (exact) mass is 314 g/mol. The number of carbonyl (C=O) groups excluding carboxylic acids is 2. The smallest absolute Gasteiger partial charge is 0.407 e. The summed E-state index contributed by atoms with van der Waals surface area (Å²) in [4.78, 5) is 23.0. The maximum Gasteiger partial charge on any atom is 0.407 e. The Kier molecular flexibility index (Phi) is 6.98. The molecule has 2 atom stereocenters. The van der Waals surface area contributed by atoms with Crippen LogP contribution in [0.4, 0.5) is 4.79 Å². The van der Waals surface area contributed by atoms with Crippen molar-refractivity contribution in [1.82, 2.24) is 10.6 Å². The lowest BCUT2D eigenvalue weighted by Crippen LogP contribution is -2.36. The molecule has 2 N–H and O–H groups in total. The number of carbonyl (C=O) groups is 2. The second-order valence-electron chi connectivity index (χ2n) is 4.62. The summed E-state index contributed by atoms with van der Waals surface area (Å²) in [5.41, 5.74) is 0.930. The van der Waals surface area contributed by atoms with Gasteiger partial charge in [0.1, 0.15) is 12.6 Å². The molecule has 7 heteroatoms. The zero-order valence-corrected chi connectivity index (χ0v) is 12.5. The molecule has 116 valence electrons. The maximum atomic E-state index is 11.6. The Hall–Kier alpha value is -1.79. The van der Waals surface area contributed by atoms with Gasteiger partial charge in [-0.3, -0.25) is 4.79 Å². The highest BCUT2D eigenvalue weighted by Gasteiger charge is 2.31. The quantitative estimate of drug-likeness (QED) is 0.818. The molecule has 1 amide bonds. The van der Waals surface area contributed by atoms with Crippen LogP contribution in [0.2, 0.25) is 0 Å². The minimum atomic E-state index is -0.480. The highest BCUT2D eigenvalue weighted by atomic mass is 35.5. The molecule has 2 rings (SSSR count). The molecule has 1 aliphatic rings. The molecule has 0 saturated carbocycles. The first kappa shape index (κ1) is 17.3. The second-order valence-corrected chi connectivity index (χ2v) is 4.62. The lowest BCUT2D eigenvalue weighted by atomic mass is 10.2. The predicted molar refractivity (Wildman–Crippen MR) is 79.2 cm³/mol. The van der Waals surface area contributed by atoms with Gasteiger partial charge in [0.05, 0.1) is 7.11 Å². The van der Waals surface area contributed by atoms with Crippen LogP contribution in [0.5, 0.6) is 0 Å². The lowest BCUT2D eigenvalue weighted by molar-refractivity contribution is -0.142. The van der Waals surface area contributed by atoms with E-state index >= 15 is 0 Å². The zero-order chi connectivity index (χ0) is 14.4. The van der Waals surface area contributed by atoms with Crippen molar-refractivity contribution < 1.29 is 19.1 Å². The van der Waals surface area contributed by atoms with Crippen molar-refractivity contribution >= 4 is 24.5 Å². The zero-order valence-electron chi connectivity index (χ0n) is 11.7. The van der Waals surface area contributed by atoms with Gasteiger partial charge in [-0.25, -0.2) is 4.79 Å². The number of esters is 1. The maximum absolute atomic E-state index is 11.6. The fraction of sp³-hybridized carbons (Fsp3) is 0.429. The molecule has 21 heavy (non-hydrogen) atoms. The van der Waals surface area contributed by atoms with E-state index in [1.54, 1.807) is 0 Å². The summed E-state index contributed by atoms with van der Waals surface area (Å²) in [7, 11) is 1.35. The van der Waals surface area contributed by atoms with E-state index in [2.05, 4.69) is 15.4 Å². The molecule has 1 aromatic carbocycles. The molecular formula is C14H19ClN2O4. The van der Waals surface area contributed by atoms with Crippen LogP contribution in [-0.2, 0) is 20.9 Å². The average Bonchev–Trinajstić information content (AvgIpc) is 2.94. The van der Waals surface area contributed by atoms with Crippen LogP contribution in [0.3, 0.4) is 0 Å². The fourth-order valence-electron chi connectivity index (χ4n) is 2.10. The second kappa shape index (κ2) is 8.49. The van der Waals surface area contributed by atoms with Gasteiger partial charge in [-0.2, -0.15) is 0 Å². The largest absolute Gasteiger partial charge is 0.468 e. The summed E-state index contributed by atoms with van der Waals surface area (Å²) in [5.74, 6) is -0.313. The fourth-order valence-corrected chi connectivity index (χ4v) is 2.10. The third-order valence-electron chi connectivity index (χ3n) is 3.15. The van der Waals surface area contributed by atoms with Gasteiger partial charge in [0.15, 0.2) is 0 Å². The Morgan fingerprint density at radius 3 is 2.71 bits per heavy atom. The van der Waals surface area contributed by atoms with Gasteiger partial charge < -0.3 is 20.1 Å². The van der Waals surface area contributed by atoms with Gasteiger partial charge in [-0.15, -0.1) is 12.4 Å². The summed E-state index contributed by atoms with van der Waals surface area (Å²) in [6.07, 6.45) is 0.0267. The normalized spacial score (nSPS) is 20.2. The van der Waals surface area contributed by atoms with Crippen LogP contribution in [0.1, 0.15) is 12.0 Å². The van der Waals surface area contributed by atoms with Gasteiger partial charge in [-0.05, 0) is 12.0 Å². The van der Waals surface area contributed by atoms with Crippen molar-refractivity contribution in [3.8, 4) is 0 Å². The number of hydrogen-bond donors (Lipinski definition) is 2. The molecule has 0 bridgehead atoms. The van der Waals surface area contributed by atoms with E-state index in [0.717, 1.165) is 5.56 Å². The Bertz CT molecular complexity index is 469. The number of nitrogens with one attached hydrogen (secondary N) is 2. The number of ether oxygens (including phenoxy) is 2. The average molecular weight is 315 g/mol. The molecular weight excluding hydrogens is 296 g/mol.